The number of benzene rings is 2. The molecule has 3 heterocycles. The zero-order valence-corrected chi connectivity index (χ0v) is 16.7. The molecule has 1 aliphatic heterocycles. The lowest BCUT2D eigenvalue weighted by Crippen LogP contribution is -2.35. The molecule has 0 radical (unpaired) electrons. The molecule has 152 valence electrons. The van der Waals surface area contributed by atoms with Gasteiger partial charge in [0.25, 0.3) is 5.91 Å². The van der Waals surface area contributed by atoms with E-state index in [0.717, 1.165) is 11.9 Å². The predicted octanol–water partition coefficient (Wildman–Crippen LogP) is 4.55. The molecule has 2 aromatic heterocycles. The first-order valence-corrected chi connectivity index (χ1v) is 9.95. The molecular weight excluding hydrogens is 380 g/mol. The molecule has 0 unspecified atom stereocenters. The minimum absolute atomic E-state index is 0.102. The minimum Gasteiger partial charge on any atom is -0.493 e. The Morgan fingerprint density at radius 2 is 1.87 bits per heavy atom. The number of hydrogen-bond donors (Lipinski definition) is 1. The molecule has 0 bridgehead atoms. The first kappa shape index (κ1) is 18.4. The van der Waals surface area contributed by atoms with Gasteiger partial charge in [0.05, 0.1) is 7.11 Å². The highest BCUT2D eigenvalue weighted by Crippen LogP contribution is 2.29. The standard InChI is InChI=1S/C24H22N2O4/c1-28-21-8-4-5-9-22(21)29-15-16-10-11-23(30-16)24(27)26-13-12-20-18(14-26)17-6-2-3-7-19(17)25-20/h2-11,25H,12-15H2,1H3. The van der Waals surface area contributed by atoms with Crippen LogP contribution in [-0.2, 0) is 19.6 Å². The molecule has 0 aliphatic carbocycles. The highest BCUT2D eigenvalue weighted by Gasteiger charge is 2.26. The Morgan fingerprint density at radius 3 is 2.73 bits per heavy atom. The van der Waals surface area contributed by atoms with Crippen LogP contribution in [0.4, 0.5) is 0 Å². The van der Waals surface area contributed by atoms with Crippen LogP contribution < -0.4 is 9.47 Å². The molecule has 4 aromatic rings. The van der Waals surface area contributed by atoms with Crippen molar-refractivity contribution in [2.75, 3.05) is 13.7 Å². The Morgan fingerprint density at radius 1 is 1.07 bits per heavy atom. The van der Waals surface area contributed by atoms with Crippen LogP contribution in [0.15, 0.2) is 65.1 Å². The smallest absolute Gasteiger partial charge is 0.289 e. The monoisotopic (exact) mass is 402 g/mol. The number of aromatic amines is 1. The van der Waals surface area contributed by atoms with Crippen LogP contribution in [0, 0.1) is 0 Å². The van der Waals surface area contributed by atoms with Gasteiger partial charge in [-0.15, -0.1) is 0 Å². The highest BCUT2D eigenvalue weighted by atomic mass is 16.5. The topological polar surface area (TPSA) is 67.7 Å². The fourth-order valence-electron chi connectivity index (χ4n) is 3.95. The molecule has 0 fully saturated rings. The van der Waals surface area contributed by atoms with Crippen molar-refractivity contribution >= 4 is 16.8 Å². The Kier molecular flexibility index (Phi) is 4.67. The third-order valence-electron chi connectivity index (χ3n) is 5.48. The van der Waals surface area contributed by atoms with E-state index in [1.54, 1.807) is 19.2 Å². The van der Waals surface area contributed by atoms with Gasteiger partial charge >= 0.3 is 0 Å². The van der Waals surface area contributed by atoms with Crippen LogP contribution in [-0.4, -0.2) is 29.4 Å². The van der Waals surface area contributed by atoms with E-state index in [4.69, 9.17) is 13.9 Å². The second-order valence-corrected chi connectivity index (χ2v) is 7.31. The van der Waals surface area contributed by atoms with Gasteiger partial charge in [0.1, 0.15) is 12.4 Å². The van der Waals surface area contributed by atoms with Crippen LogP contribution in [0.5, 0.6) is 11.5 Å². The normalized spacial score (nSPS) is 13.3. The van der Waals surface area contributed by atoms with Crippen LogP contribution in [0.3, 0.4) is 0 Å². The SMILES string of the molecule is COc1ccccc1OCc1ccc(C(=O)N2CCc3[nH]c4ccccc4c3C2)o1. The first-order chi connectivity index (χ1) is 14.7. The minimum atomic E-state index is -0.102. The second kappa shape index (κ2) is 7.63. The molecule has 0 atom stereocenters. The molecule has 0 saturated carbocycles. The summed E-state index contributed by atoms with van der Waals surface area (Å²) in [6.07, 6.45) is 0.806. The number of H-pyrrole nitrogens is 1. The number of hydrogen-bond acceptors (Lipinski definition) is 4. The number of ether oxygens (including phenoxy) is 2. The maximum atomic E-state index is 13.0. The zero-order chi connectivity index (χ0) is 20.5. The van der Waals surface area contributed by atoms with E-state index in [1.807, 2.05) is 41.3 Å². The van der Waals surface area contributed by atoms with E-state index in [9.17, 15) is 4.79 Å². The second-order valence-electron chi connectivity index (χ2n) is 7.31. The lowest BCUT2D eigenvalue weighted by molar-refractivity contribution is 0.0698. The number of rotatable bonds is 5. The summed E-state index contributed by atoms with van der Waals surface area (Å²) in [5.41, 5.74) is 3.52. The molecule has 30 heavy (non-hydrogen) atoms. The Balaban J connectivity index is 1.29. The van der Waals surface area contributed by atoms with E-state index >= 15 is 0 Å². The van der Waals surface area contributed by atoms with Gasteiger partial charge in [0, 0.05) is 41.7 Å². The zero-order valence-electron chi connectivity index (χ0n) is 16.7. The number of nitrogens with zero attached hydrogens (tertiary/aromatic N) is 1. The number of carbonyl (C=O) groups is 1. The summed E-state index contributed by atoms with van der Waals surface area (Å²) in [4.78, 5) is 18.3. The third-order valence-corrected chi connectivity index (χ3v) is 5.48. The highest BCUT2D eigenvalue weighted by molar-refractivity contribution is 5.92. The van der Waals surface area contributed by atoms with Crippen molar-refractivity contribution in [1.82, 2.24) is 9.88 Å². The molecule has 0 spiro atoms. The number of amides is 1. The lowest BCUT2D eigenvalue weighted by atomic mass is 10.0. The Labute approximate surface area is 174 Å². The van der Waals surface area contributed by atoms with Gasteiger partial charge in [-0.25, -0.2) is 0 Å². The van der Waals surface area contributed by atoms with Crippen LogP contribution in [0.25, 0.3) is 10.9 Å². The van der Waals surface area contributed by atoms with Gasteiger partial charge in [0.2, 0.25) is 0 Å². The van der Waals surface area contributed by atoms with Crippen molar-refractivity contribution in [2.24, 2.45) is 0 Å². The van der Waals surface area contributed by atoms with Crippen LogP contribution >= 0.6 is 0 Å². The summed E-state index contributed by atoms with van der Waals surface area (Å²) >= 11 is 0. The number of nitrogens with one attached hydrogen (secondary N) is 1. The molecule has 0 saturated heterocycles. The first-order valence-electron chi connectivity index (χ1n) is 9.95. The van der Waals surface area contributed by atoms with Crippen molar-refractivity contribution < 1.29 is 18.7 Å². The largest absolute Gasteiger partial charge is 0.493 e. The summed E-state index contributed by atoms with van der Waals surface area (Å²) in [5.74, 6) is 2.11. The molecular formula is C24H22N2O4. The number of aromatic nitrogens is 1. The average molecular weight is 402 g/mol. The fourth-order valence-corrected chi connectivity index (χ4v) is 3.95. The summed E-state index contributed by atoms with van der Waals surface area (Å²) < 4.78 is 16.9. The van der Waals surface area contributed by atoms with Gasteiger partial charge in [-0.1, -0.05) is 30.3 Å². The molecule has 2 aromatic carbocycles. The van der Waals surface area contributed by atoms with Gasteiger partial charge in [-0.3, -0.25) is 4.79 Å². The van der Waals surface area contributed by atoms with Crippen molar-refractivity contribution in [1.29, 1.82) is 0 Å². The van der Waals surface area contributed by atoms with Crippen molar-refractivity contribution in [2.45, 2.75) is 19.6 Å². The molecule has 1 N–H and O–H groups in total. The predicted molar refractivity (Wildman–Crippen MR) is 113 cm³/mol. The van der Waals surface area contributed by atoms with E-state index < -0.39 is 0 Å². The van der Waals surface area contributed by atoms with Crippen molar-refractivity contribution in [3.63, 3.8) is 0 Å². The number of para-hydroxylation sites is 3. The van der Waals surface area contributed by atoms with E-state index in [1.165, 1.54) is 16.6 Å². The average Bonchev–Trinajstić information content (AvgIpc) is 3.41. The third kappa shape index (κ3) is 3.30. The van der Waals surface area contributed by atoms with Gasteiger partial charge in [-0.05, 0) is 30.3 Å². The molecule has 6 heteroatoms. The molecule has 1 aliphatic rings. The van der Waals surface area contributed by atoms with E-state index in [2.05, 4.69) is 17.1 Å². The van der Waals surface area contributed by atoms with E-state index in [0.29, 0.717) is 36.1 Å². The molecule has 1 amide bonds. The lowest BCUT2D eigenvalue weighted by Gasteiger charge is -2.26. The fraction of sp³-hybridized carbons (Fsp3) is 0.208. The summed E-state index contributed by atoms with van der Waals surface area (Å²) in [5, 5.41) is 1.18. The van der Waals surface area contributed by atoms with Crippen molar-refractivity contribution in [3.8, 4) is 11.5 Å². The van der Waals surface area contributed by atoms with Crippen LogP contribution in [0.1, 0.15) is 27.6 Å². The summed E-state index contributed by atoms with van der Waals surface area (Å²) in [7, 11) is 1.60. The summed E-state index contributed by atoms with van der Waals surface area (Å²) in [6, 6.07) is 19.1. The number of furan rings is 1. The Bertz CT molecular complexity index is 1210. The van der Waals surface area contributed by atoms with E-state index in [-0.39, 0.29) is 12.5 Å². The van der Waals surface area contributed by atoms with Gasteiger partial charge < -0.3 is 23.8 Å². The Hall–Kier alpha value is -3.67. The summed E-state index contributed by atoms with van der Waals surface area (Å²) in [6.45, 7) is 1.46. The number of carbonyl (C=O) groups excluding carboxylic acids is 1. The maximum Gasteiger partial charge on any atom is 0.289 e. The molecule has 5 rings (SSSR count). The van der Waals surface area contributed by atoms with Crippen LogP contribution in [0.2, 0.25) is 0 Å². The van der Waals surface area contributed by atoms with Crippen molar-refractivity contribution in [3.05, 3.63) is 83.4 Å². The maximum absolute atomic E-state index is 13.0. The van der Waals surface area contributed by atoms with Gasteiger partial charge in [0.15, 0.2) is 17.3 Å². The quantitative estimate of drug-likeness (QED) is 0.532. The van der Waals surface area contributed by atoms with Gasteiger partial charge in [-0.2, -0.15) is 0 Å². The number of fused-ring (bicyclic) bond motifs is 3. The molecule has 6 nitrogen and oxygen atoms in total. The number of methoxy groups -OCH3 is 1.